The summed E-state index contributed by atoms with van der Waals surface area (Å²) in [5.41, 5.74) is 0. The Morgan fingerprint density at radius 2 is 0.971 bits per heavy atom. The lowest BCUT2D eigenvalue weighted by Crippen LogP contribution is -2.55. The van der Waals surface area contributed by atoms with Crippen LogP contribution in [0, 0.1) is 0 Å². The molecule has 0 aromatic rings. The Labute approximate surface area is 207 Å². The van der Waals surface area contributed by atoms with E-state index < -0.39 is 29.4 Å². The Kier molecular flexibility index (Phi) is 5.73. The van der Waals surface area contributed by atoms with Gasteiger partial charge in [0.2, 0.25) is 0 Å². The summed E-state index contributed by atoms with van der Waals surface area (Å²) in [4.78, 5) is 0. The van der Waals surface area contributed by atoms with Crippen LogP contribution in [0.1, 0.15) is 68.2 Å². The fraction of sp³-hybridized carbons (Fsp3) is 1.00. The molecule has 0 radical (unpaired) electrons. The van der Waals surface area contributed by atoms with Crippen molar-refractivity contribution in [1.82, 2.24) is 0 Å². The molecule has 6 saturated heterocycles. The standard InChI is InChI=1S/C25H40O10/c1-22(2)26-11-14(29-22)15-18-16(30-23(3,4)32-18)12(27-15)9-10-13-17-19(33-24(5,6)31-17)20-21(28-13)35-25(7,8)34-20/h12-21H,9-11H2,1-8H3/t12-,13-,14-,15-,16-,17+,18+,19+,20-,21-/m1/s1. The minimum absolute atomic E-state index is 0.175. The predicted octanol–water partition coefficient (Wildman–Crippen LogP) is 2.60. The molecule has 0 N–H and O–H groups in total. The first kappa shape index (κ1) is 24.9. The molecule has 35 heavy (non-hydrogen) atoms. The lowest BCUT2D eigenvalue weighted by Gasteiger charge is -2.37. The van der Waals surface area contributed by atoms with E-state index in [0.717, 1.165) is 0 Å². The van der Waals surface area contributed by atoms with Crippen molar-refractivity contribution < 1.29 is 47.4 Å². The molecule has 6 aliphatic heterocycles. The van der Waals surface area contributed by atoms with Gasteiger partial charge in [0.05, 0.1) is 18.8 Å². The lowest BCUT2D eigenvalue weighted by atomic mass is 9.93. The van der Waals surface area contributed by atoms with E-state index in [2.05, 4.69) is 0 Å². The number of fused-ring (bicyclic) bond motifs is 4. The Balaban J connectivity index is 1.17. The van der Waals surface area contributed by atoms with Crippen molar-refractivity contribution in [1.29, 1.82) is 0 Å². The zero-order chi connectivity index (χ0) is 25.0. The molecular weight excluding hydrogens is 460 g/mol. The van der Waals surface area contributed by atoms with Crippen LogP contribution in [-0.4, -0.2) is 91.0 Å². The van der Waals surface area contributed by atoms with Crippen LogP contribution in [-0.2, 0) is 47.4 Å². The average molecular weight is 501 g/mol. The van der Waals surface area contributed by atoms with Gasteiger partial charge in [-0.15, -0.1) is 0 Å². The molecule has 10 nitrogen and oxygen atoms in total. The summed E-state index contributed by atoms with van der Waals surface area (Å²) in [7, 11) is 0. The minimum atomic E-state index is -0.738. The first-order chi connectivity index (χ1) is 16.2. The maximum absolute atomic E-state index is 6.52. The van der Waals surface area contributed by atoms with Crippen LogP contribution in [0.4, 0.5) is 0 Å². The van der Waals surface area contributed by atoms with Crippen LogP contribution in [0.3, 0.4) is 0 Å². The highest BCUT2D eigenvalue weighted by molar-refractivity contribution is 5.04. The molecule has 6 heterocycles. The van der Waals surface area contributed by atoms with Gasteiger partial charge in [-0.2, -0.15) is 0 Å². The number of ether oxygens (including phenoxy) is 10. The molecule has 10 atom stereocenters. The molecule has 6 rings (SSSR count). The van der Waals surface area contributed by atoms with Crippen LogP contribution in [0.5, 0.6) is 0 Å². The third-order valence-electron chi connectivity index (χ3n) is 7.57. The van der Waals surface area contributed by atoms with Gasteiger partial charge in [-0.25, -0.2) is 0 Å². The largest absolute Gasteiger partial charge is 0.367 e. The van der Waals surface area contributed by atoms with Crippen LogP contribution < -0.4 is 0 Å². The second-order valence-corrected chi connectivity index (χ2v) is 12.4. The van der Waals surface area contributed by atoms with E-state index in [4.69, 9.17) is 47.4 Å². The van der Waals surface area contributed by atoms with Gasteiger partial charge in [-0.3, -0.25) is 0 Å². The van der Waals surface area contributed by atoms with Gasteiger partial charge in [0.15, 0.2) is 29.4 Å². The van der Waals surface area contributed by atoms with Gasteiger partial charge in [-0.05, 0) is 68.2 Å². The van der Waals surface area contributed by atoms with Gasteiger partial charge < -0.3 is 47.4 Å². The summed E-state index contributed by atoms with van der Waals surface area (Å²) >= 11 is 0. The van der Waals surface area contributed by atoms with Gasteiger partial charge in [-0.1, -0.05) is 0 Å². The summed E-state index contributed by atoms with van der Waals surface area (Å²) < 4.78 is 62.1. The van der Waals surface area contributed by atoms with E-state index in [0.29, 0.717) is 19.4 Å². The van der Waals surface area contributed by atoms with E-state index >= 15 is 0 Å². The first-order valence-corrected chi connectivity index (χ1v) is 12.9. The van der Waals surface area contributed by atoms with Gasteiger partial charge in [0, 0.05) is 0 Å². The van der Waals surface area contributed by atoms with Crippen molar-refractivity contribution in [3.63, 3.8) is 0 Å². The highest BCUT2D eigenvalue weighted by Gasteiger charge is 2.62. The third kappa shape index (κ3) is 4.58. The van der Waals surface area contributed by atoms with Crippen LogP contribution in [0.25, 0.3) is 0 Å². The summed E-state index contributed by atoms with van der Waals surface area (Å²) in [6.07, 6.45) is -1.29. The zero-order valence-corrected chi connectivity index (χ0v) is 22.0. The van der Waals surface area contributed by atoms with E-state index in [1.54, 1.807) is 0 Å². The maximum atomic E-state index is 6.52. The maximum Gasteiger partial charge on any atom is 0.190 e. The van der Waals surface area contributed by atoms with Crippen molar-refractivity contribution in [3.8, 4) is 0 Å². The van der Waals surface area contributed by atoms with E-state index in [-0.39, 0.29) is 54.9 Å². The normalized spacial score (nSPS) is 50.7. The second kappa shape index (κ2) is 8.05. The van der Waals surface area contributed by atoms with Gasteiger partial charge in [0.25, 0.3) is 0 Å². The zero-order valence-electron chi connectivity index (χ0n) is 22.0. The molecule has 0 bridgehead atoms. The predicted molar refractivity (Wildman–Crippen MR) is 119 cm³/mol. The SMILES string of the molecule is CC1(C)O[C@H]2[C@@H](O1)[C@@H](CC[C@H]1O[C@H]([C@H]3COC(C)(C)O3)[C@@H]3OC(C)(C)O[C@@H]31)O[C@@H]1OC(C)(C)O[C@@H]12. The Morgan fingerprint density at radius 3 is 1.54 bits per heavy atom. The molecule has 0 aromatic carbocycles. The van der Waals surface area contributed by atoms with Crippen molar-refractivity contribution >= 4 is 0 Å². The van der Waals surface area contributed by atoms with Crippen LogP contribution in [0.2, 0.25) is 0 Å². The minimum Gasteiger partial charge on any atom is -0.367 e. The highest BCUT2D eigenvalue weighted by atomic mass is 16.9. The lowest BCUT2D eigenvalue weighted by molar-refractivity contribution is -0.237. The molecule has 0 aliphatic carbocycles. The molecule has 0 unspecified atom stereocenters. The molecule has 0 aromatic heterocycles. The Bertz CT molecular complexity index is 827. The average Bonchev–Trinajstić information content (AvgIpc) is 3.46. The third-order valence-corrected chi connectivity index (χ3v) is 7.57. The smallest absolute Gasteiger partial charge is 0.190 e. The topological polar surface area (TPSA) is 92.3 Å². The number of hydrogen-bond donors (Lipinski definition) is 0. The molecular formula is C25H40O10. The van der Waals surface area contributed by atoms with Gasteiger partial charge >= 0.3 is 0 Å². The Morgan fingerprint density at radius 1 is 0.486 bits per heavy atom. The second-order valence-electron chi connectivity index (χ2n) is 12.4. The summed E-state index contributed by atoms with van der Waals surface area (Å²) in [6.45, 7) is 15.8. The number of rotatable bonds is 4. The van der Waals surface area contributed by atoms with Gasteiger partial charge in [0.1, 0.15) is 42.7 Å². The number of hydrogen-bond acceptors (Lipinski definition) is 10. The molecule has 6 fully saturated rings. The monoisotopic (exact) mass is 500 g/mol. The van der Waals surface area contributed by atoms with Crippen LogP contribution in [0.15, 0.2) is 0 Å². The Hall–Kier alpha value is -0.400. The molecule has 0 saturated carbocycles. The molecule has 0 spiro atoms. The molecule has 6 aliphatic rings. The fourth-order valence-corrected chi connectivity index (χ4v) is 6.38. The van der Waals surface area contributed by atoms with E-state index in [1.807, 2.05) is 55.4 Å². The highest BCUT2D eigenvalue weighted by Crippen LogP contribution is 2.47. The van der Waals surface area contributed by atoms with Crippen molar-refractivity contribution in [3.05, 3.63) is 0 Å². The summed E-state index contributed by atoms with van der Waals surface area (Å²) in [6, 6.07) is 0. The van der Waals surface area contributed by atoms with Crippen molar-refractivity contribution in [2.75, 3.05) is 6.61 Å². The summed E-state index contributed by atoms with van der Waals surface area (Å²) in [5.74, 6) is -2.78. The van der Waals surface area contributed by atoms with Crippen molar-refractivity contribution in [2.24, 2.45) is 0 Å². The van der Waals surface area contributed by atoms with Crippen molar-refractivity contribution in [2.45, 2.75) is 153 Å². The molecule has 200 valence electrons. The first-order valence-electron chi connectivity index (χ1n) is 12.9. The van der Waals surface area contributed by atoms with Crippen LogP contribution >= 0.6 is 0 Å². The fourth-order valence-electron chi connectivity index (χ4n) is 6.38. The molecule has 10 heteroatoms. The van der Waals surface area contributed by atoms with E-state index in [1.165, 1.54) is 0 Å². The summed E-state index contributed by atoms with van der Waals surface area (Å²) in [5, 5.41) is 0. The quantitative estimate of drug-likeness (QED) is 0.574. The van der Waals surface area contributed by atoms with E-state index in [9.17, 15) is 0 Å². The molecule has 0 amide bonds.